The van der Waals surface area contributed by atoms with E-state index in [0.29, 0.717) is 6.04 Å². The second-order valence-corrected chi connectivity index (χ2v) is 4.70. The van der Waals surface area contributed by atoms with Gasteiger partial charge in [-0.3, -0.25) is 4.68 Å². The fourth-order valence-corrected chi connectivity index (χ4v) is 2.81. The molecule has 1 aliphatic heterocycles. The number of aryl methyl sites for hydroxylation is 2. The molecule has 0 aromatic carbocycles. The Morgan fingerprint density at radius 3 is 3.00 bits per heavy atom. The molecule has 0 saturated carbocycles. The Balaban J connectivity index is 2.13. The molecule has 2 N–H and O–H groups in total. The Hall–Kier alpha value is -1.55. The van der Waals surface area contributed by atoms with Crippen LogP contribution in [0.3, 0.4) is 0 Å². The second kappa shape index (κ2) is 4.04. The topological polar surface area (TPSA) is 45.6 Å². The molecule has 1 saturated heterocycles. The molecule has 2 aromatic rings. The van der Waals surface area contributed by atoms with E-state index in [4.69, 9.17) is 0 Å². The van der Waals surface area contributed by atoms with E-state index < -0.39 is 0 Å². The van der Waals surface area contributed by atoms with Gasteiger partial charge in [0.1, 0.15) is 0 Å². The van der Waals surface area contributed by atoms with Crippen molar-refractivity contribution in [1.29, 1.82) is 0 Å². The van der Waals surface area contributed by atoms with Gasteiger partial charge < -0.3 is 10.3 Å². The summed E-state index contributed by atoms with van der Waals surface area (Å²) < 4.78 is 2.02. The number of nitrogens with zero attached hydrogens (tertiary/aromatic N) is 2. The molecule has 1 fully saturated rings. The minimum atomic E-state index is 0.444. The fraction of sp³-hybridized carbons (Fsp3) is 0.462. The number of hydrogen-bond acceptors (Lipinski definition) is 2. The summed E-state index contributed by atoms with van der Waals surface area (Å²) in [5.74, 6) is 0. The van der Waals surface area contributed by atoms with Crippen molar-refractivity contribution >= 4 is 0 Å². The van der Waals surface area contributed by atoms with E-state index in [1.807, 2.05) is 24.0 Å². The average Bonchev–Trinajstić information content (AvgIpc) is 2.98. The molecule has 3 rings (SSSR count). The van der Waals surface area contributed by atoms with Gasteiger partial charge in [-0.05, 0) is 38.4 Å². The molecule has 0 amide bonds. The van der Waals surface area contributed by atoms with E-state index in [1.165, 1.54) is 29.8 Å². The number of aromatic nitrogens is 3. The maximum atomic E-state index is 4.57. The lowest BCUT2D eigenvalue weighted by Crippen LogP contribution is -2.17. The van der Waals surface area contributed by atoms with Crippen LogP contribution in [-0.2, 0) is 7.05 Å². The third kappa shape index (κ3) is 1.69. The van der Waals surface area contributed by atoms with E-state index in [-0.39, 0.29) is 0 Å². The molecule has 2 aromatic heterocycles. The Labute approximate surface area is 101 Å². The van der Waals surface area contributed by atoms with Gasteiger partial charge in [0, 0.05) is 30.5 Å². The van der Waals surface area contributed by atoms with Crippen molar-refractivity contribution in [2.75, 3.05) is 6.54 Å². The lowest BCUT2D eigenvalue weighted by atomic mass is 10.0. The lowest BCUT2D eigenvalue weighted by molar-refractivity contribution is 0.574. The third-order valence-electron chi connectivity index (χ3n) is 3.52. The minimum Gasteiger partial charge on any atom is -0.361 e. The molecule has 0 spiro atoms. The lowest BCUT2D eigenvalue weighted by Gasteiger charge is -2.13. The Bertz CT molecular complexity index is 504. The smallest absolute Gasteiger partial charge is 0.0690 e. The monoisotopic (exact) mass is 230 g/mol. The molecule has 0 bridgehead atoms. The van der Waals surface area contributed by atoms with Gasteiger partial charge in [0.2, 0.25) is 0 Å². The summed E-state index contributed by atoms with van der Waals surface area (Å²) in [5, 5.41) is 8.12. The van der Waals surface area contributed by atoms with Crippen molar-refractivity contribution in [2.45, 2.75) is 25.8 Å². The maximum Gasteiger partial charge on any atom is 0.0690 e. The van der Waals surface area contributed by atoms with Crippen LogP contribution < -0.4 is 5.32 Å². The van der Waals surface area contributed by atoms with Crippen LogP contribution in [0.2, 0.25) is 0 Å². The van der Waals surface area contributed by atoms with E-state index >= 15 is 0 Å². The number of nitrogens with one attached hydrogen (secondary N) is 2. The van der Waals surface area contributed by atoms with Gasteiger partial charge in [0.25, 0.3) is 0 Å². The molecular formula is C13H18N4. The zero-order chi connectivity index (χ0) is 11.8. The first-order chi connectivity index (χ1) is 8.27. The largest absolute Gasteiger partial charge is 0.361 e. The summed E-state index contributed by atoms with van der Waals surface area (Å²) in [7, 11) is 2.04. The van der Waals surface area contributed by atoms with Gasteiger partial charge in [-0.25, -0.2) is 0 Å². The first-order valence-corrected chi connectivity index (χ1v) is 6.18. The van der Waals surface area contributed by atoms with Crippen molar-refractivity contribution < 1.29 is 0 Å². The molecule has 1 unspecified atom stereocenters. The fourth-order valence-electron chi connectivity index (χ4n) is 2.81. The van der Waals surface area contributed by atoms with Crippen LogP contribution in [-0.4, -0.2) is 21.3 Å². The van der Waals surface area contributed by atoms with Gasteiger partial charge in [-0.1, -0.05) is 0 Å². The Kier molecular flexibility index (Phi) is 2.52. The van der Waals surface area contributed by atoms with E-state index in [0.717, 1.165) is 12.2 Å². The van der Waals surface area contributed by atoms with Crippen LogP contribution in [0.4, 0.5) is 0 Å². The highest BCUT2D eigenvalue weighted by Crippen LogP contribution is 2.33. The third-order valence-corrected chi connectivity index (χ3v) is 3.52. The Morgan fingerprint density at radius 2 is 2.35 bits per heavy atom. The van der Waals surface area contributed by atoms with Crippen LogP contribution in [0, 0.1) is 6.92 Å². The average molecular weight is 230 g/mol. The molecule has 1 atom stereocenters. The normalized spacial score (nSPS) is 20.0. The predicted molar refractivity (Wildman–Crippen MR) is 67.7 cm³/mol. The van der Waals surface area contributed by atoms with Crippen molar-refractivity contribution in [3.8, 4) is 11.3 Å². The molecule has 4 heteroatoms. The second-order valence-electron chi connectivity index (χ2n) is 4.70. The van der Waals surface area contributed by atoms with Crippen molar-refractivity contribution in [1.82, 2.24) is 20.1 Å². The molecule has 17 heavy (non-hydrogen) atoms. The summed E-state index contributed by atoms with van der Waals surface area (Å²) in [6.45, 7) is 3.19. The highest BCUT2D eigenvalue weighted by Gasteiger charge is 2.25. The molecule has 90 valence electrons. The predicted octanol–water partition coefficient (Wildman–Crippen LogP) is 2.15. The van der Waals surface area contributed by atoms with Crippen LogP contribution in [0.1, 0.15) is 30.3 Å². The number of rotatable bonds is 2. The first-order valence-electron chi connectivity index (χ1n) is 6.18. The molecule has 3 heterocycles. The molecule has 1 aliphatic rings. The van der Waals surface area contributed by atoms with Gasteiger partial charge >= 0.3 is 0 Å². The van der Waals surface area contributed by atoms with Crippen LogP contribution >= 0.6 is 0 Å². The molecule has 0 radical (unpaired) electrons. The zero-order valence-electron chi connectivity index (χ0n) is 10.3. The van der Waals surface area contributed by atoms with Gasteiger partial charge in [0.05, 0.1) is 11.4 Å². The molecule has 4 nitrogen and oxygen atoms in total. The van der Waals surface area contributed by atoms with E-state index in [2.05, 4.69) is 28.4 Å². The summed E-state index contributed by atoms with van der Waals surface area (Å²) in [6.07, 6.45) is 4.42. The highest BCUT2D eigenvalue weighted by atomic mass is 15.3. The van der Waals surface area contributed by atoms with Crippen LogP contribution in [0.5, 0.6) is 0 Å². The molecular weight excluding hydrogens is 212 g/mol. The quantitative estimate of drug-likeness (QED) is 0.830. The summed E-state index contributed by atoms with van der Waals surface area (Å²) >= 11 is 0. The summed E-state index contributed by atoms with van der Waals surface area (Å²) in [5.41, 5.74) is 4.83. The van der Waals surface area contributed by atoms with Crippen molar-refractivity contribution in [3.05, 3.63) is 29.7 Å². The first kappa shape index (κ1) is 10.6. The van der Waals surface area contributed by atoms with Gasteiger partial charge in [0.15, 0.2) is 0 Å². The number of aromatic amines is 1. The summed E-state index contributed by atoms with van der Waals surface area (Å²) in [4.78, 5) is 3.29. The molecule has 0 aliphatic carbocycles. The van der Waals surface area contributed by atoms with Crippen LogP contribution in [0.15, 0.2) is 18.3 Å². The number of H-pyrrole nitrogens is 1. The standard InChI is InChI=1S/C13H18N4/c1-9-12(10-5-3-7-14-10)13(17(2)16-9)11-6-4-8-15-11/h3,5,7,11,14-15H,4,6,8H2,1-2H3. The SMILES string of the molecule is Cc1nn(C)c(C2CCCN2)c1-c1ccc[nH]1. The van der Waals surface area contributed by atoms with Gasteiger partial charge in [-0.15, -0.1) is 0 Å². The Morgan fingerprint density at radius 1 is 1.47 bits per heavy atom. The zero-order valence-corrected chi connectivity index (χ0v) is 10.3. The van der Waals surface area contributed by atoms with Crippen molar-refractivity contribution in [2.24, 2.45) is 7.05 Å². The van der Waals surface area contributed by atoms with E-state index in [1.54, 1.807) is 0 Å². The summed E-state index contributed by atoms with van der Waals surface area (Å²) in [6, 6.07) is 4.59. The van der Waals surface area contributed by atoms with Gasteiger partial charge in [-0.2, -0.15) is 5.10 Å². The van der Waals surface area contributed by atoms with Crippen molar-refractivity contribution in [3.63, 3.8) is 0 Å². The highest BCUT2D eigenvalue weighted by molar-refractivity contribution is 5.66. The minimum absolute atomic E-state index is 0.444. The number of hydrogen-bond donors (Lipinski definition) is 2. The maximum absolute atomic E-state index is 4.57. The van der Waals surface area contributed by atoms with E-state index in [9.17, 15) is 0 Å². The van der Waals surface area contributed by atoms with Crippen LogP contribution in [0.25, 0.3) is 11.3 Å².